The second kappa shape index (κ2) is 9.72. The highest BCUT2D eigenvalue weighted by Gasteiger charge is 2.20. The van der Waals surface area contributed by atoms with Crippen LogP contribution in [0.3, 0.4) is 0 Å². The third kappa shape index (κ3) is 4.99. The molecular formula is C25H23FN4O3S. The lowest BCUT2D eigenvalue weighted by Crippen LogP contribution is -2.17. The molecule has 4 aromatic rings. The minimum Gasteiger partial charge on any atom is -0.487 e. The second-order valence-corrected chi connectivity index (χ2v) is 9.32. The van der Waals surface area contributed by atoms with E-state index in [1.54, 1.807) is 24.3 Å². The quantitative estimate of drug-likeness (QED) is 0.413. The molecule has 0 bridgehead atoms. The molecule has 2 aromatic heterocycles. The summed E-state index contributed by atoms with van der Waals surface area (Å²) in [7, 11) is 0. The summed E-state index contributed by atoms with van der Waals surface area (Å²) < 4.78 is 20.3. The van der Waals surface area contributed by atoms with Crippen LogP contribution in [0.1, 0.15) is 59.1 Å². The van der Waals surface area contributed by atoms with Crippen molar-refractivity contribution in [3.8, 4) is 5.75 Å². The van der Waals surface area contributed by atoms with E-state index in [2.05, 4.69) is 15.4 Å². The molecule has 0 atom stereocenters. The number of rotatable bonds is 6. The number of hydrogen-bond donors (Lipinski definition) is 1. The average Bonchev–Trinajstić information content (AvgIpc) is 3.29. The molecular weight excluding hydrogens is 455 g/mol. The smallest absolute Gasteiger partial charge is 0.275 e. The van der Waals surface area contributed by atoms with Gasteiger partial charge in [0, 0.05) is 29.3 Å². The lowest BCUT2D eigenvalue weighted by molar-refractivity contribution is 0.102. The van der Waals surface area contributed by atoms with E-state index in [1.165, 1.54) is 65.4 Å². The average molecular weight is 479 g/mol. The number of anilines is 1. The van der Waals surface area contributed by atoms with E-state index in [1.807, 2.05) is 0 Å². The molecule has 9 heteroatoms. The highest BCUT2D eigenvalue weighted by atomic mass is 32.1. The van der Waals surface area contributed by atoms with Crippen molar-refractivity contribution >= 4 is 27.9 Å². The van der Waals surface area contributed by atoms with E-state index in [4.69, 9.17) is 4.74 Å². The SMILES string of the molecule is O=C(Nc1cccc(OCc2cc(=O)n3nc(C4CCCCC4)sc3n2)c1)c1ccc(F)cc1. The lowest BCUT2D eigenvalue weighted by Gasteiger charge is -2.18. The third-order valence-corrected chi connectivity index (χ3v) is 6.92. The molecule has 0 saturated heterocycles. The zero-order valence-electron chi connectivity index (χ0n) is 18.4. The summed E-state index contributed by atoms with van der Waals surface area (Å²) in [6.45, 7) is 0.109. The number of carbonyl (C=O) groups excluding carboxylic acids is 1. The van der Waals surface area contributed by atoms with Crippen LogP contribution in [0, 0.1) is 5.82 Å². The predicted octanol–water partition coefficient (Wildman–Crippen LogP) is 5.17. The van der Waals surface area contributed by atoms with E-state index >= 15 is 0 Å². The molecule has 2 aromatic carbocycles. The Morgan fingerprint density at radius 1 is 1.12 bits per heavy atom. The first-order valence-electron chi connectivity index (χ1n) is 11.2. The number of aromatic nitrogens is 3. The largest absolute Gasteiger partial charge is 0.487 e. The molecule has 1 fully saturated rings. The van der Waals surface area contributed by atoms with Gasteiger partial charge in [0.15, 0.2) is 0 Å². The molecule has 1 aliphatic rings. The molecule has 0 unspecified atom stereocenters. The molecule has 0 spiro atoms. The molecule has 1 amide bonds. The first kappa shape index (κ1) is 22.2. The van der Waals surface area contributed by atoms with Crippen molar-refractivity contribution in [2.24, 2.45) is 0 Å². The Bertz CT molecular complexity index is 1380. The standard InChI is InChI=1S/C25H23FN4O3S/c26-18-11-9-16(10-12-18)23(32)27-19-7-4-8-21(13-19)33-15-20-14-22(31)30-25(28-20)34-24(29-30)17-5-2-1-3-6-17/h4,7-14,17H,1-3,5-6,15H2,(H,27,32). The van der Waals surface area contributed by atoms with Crippen LogP contribution in [0.25, 0.3) is 4.96 Å². The van der Waals surface area contributed by atoms with Crippen molar-refractivity contribution in [2.45, 2.75) is 44.6 Å². The molecule has 174 valence electrons. The number of benzene rings is 2. The van der Waals surface area contributed by atoms with E-state index in [-0.39, 0.29) is 18.1 Å². The van der Waals surface area contributed by atoms with Gasteiger partial charge in [-0.3, -0.25) is 9.59 Å². The van der Waals surface area contributed by atoms with Gasteiger partial charge >= 0.3 is 0 Å². The summed E-state index contributed by atoms with van der Waals surface area (Å²) in [4.78, 5) is 30.1. The first-order chi connectivity index (χ1) is 16.5. The van der Waals surface area contributed by atoms with Crippen molar-refractivity contribution in [1.82, 2.24) is 14.6 Å². The normalized spacial score (nSPS) is 14.3. The fourth-order valence-corrected chi connectivity index (χ4v) is 5.18. The van der Waals surface area contributed by atoms with Crippen molar-refractivity contribution in [1.29, 1.82) is 0 Å². The summed E-state index contributed by atoms with van der Waals surface area (Å²) in [5.41, 5.74) is 1.18. The third-order valence-electron chi connectivity index (χ3n) is 5.85. The molecule has 1 N–H and O–H groups in total. The maximum atomic E-state index is 13.1. The Morgan fingerprint density at radius 3 is 2.71 bits per heavy atom. The van der Waals surface area contributed by atoms with E-state index in [0.29, 0.717) is 33.6 Å². The Kier molecular flexibility index (Phi) is 6.35. The first-order valence-corrected chi connectivity index (χ1v) is 12.1. The highest BCUT2D eigenvalue weighted by Crippen LogP contribution is 2.34. The van der Waals surface area contributed by atoms with Crippen molar-refractivity contribution in [2.75, 3.05) is 5.32 Å². The van der Waals surface area contributed by atoms with E-state index < -0.39 is 5.82 Å². The van der Waals surface area contributed by atoms with Crippen LogP contribution in [-0.2, 0) is 6.61 Å². The van der Waals surface area contributed by atoms with Gasteiger partial charge in [-0.1, -0.05) is 36.7 Å². The topological polar surface area (TPSA) is 85.6 Å². The molecule has 7 nitrogen and oxygen atoms in total. The molecule has 1 aliphatic carbocycles. The lowest BCUT2D eigenvalue weighted by atomic mass is 9.90. The van der Waals surface area contributed by atoms with Crippen LogP contribution >= 0.6 is 11.3 Å². The zero-order chi connectivity index (χ0) is 23.5. The van der Waals surface area contributed by atoms with Crippen LogP contribution in [0.5, 0.6) is 5.75 Å². The van der Waals surface area contributed by atoms with Gasteiger partial charge in [0.1, 0.15) is 23.2 Å². The molecule has 0 aliphatic heterocycles. The van der Waals surface area contributed by atoms with Crippen LogP contribution in [0.4, 0.5) is 10.1 Å². The van der Waals surface area contributed by atoms with Gasteiger partial charge in [0.05, 0.1) is 5.69 Å². The number of fused-ring (bicyclic) bond motifs is 1. The summed E-state index contributed by atoms with van der Waals surface area (Å²) in [6.07, 6.45) is 5.88. The van der Waals surface area contributed by atoms with Gasteiger partial charge in [-0.15, -0.1) is 0 Å². The predicted molar refractivity (Wildman–Crippen MR) is 128 cm³/mol. The van der Waals surface area contributed by atoms with Crippen molar-refractivity contribution < 1.29 is 13.9 Å². The van der Waals surface area contributed by atoms with Gasteiger partial charge in [0.2, 0.25) is 4.96 Å². The number of ether oxygens (including phenoxy) is 1. The summed E-state index contributed by atoms with van der Waals surface area (Å²) in [6, 6.07) is 13.7. The Labute approximate surface area is 199 Å². The Morgan fingerprint density at radius 2 is 1.91 bits per heavy atom. The molecule has 34 heavy (non-hydrogen) atoms. The minimum absolute atomic E-state index is 0.109. The van der Waals surface area contributed by atoms with Gasteiger partial charge in [0.25, 0.3) is 11.5 Å². The van der Waals surface area contributed by atoms with Gasteiger partial charge in [-0.05, 0) is 49.2 Å². The van der Waals surface area contributed by atoms with Gasteiger partial charge in [-0.2, -0.15) is 9.61 Å². The van der Waals surface area contributed by atoms with Crippen LogP contribution in [0.2, 0.25) is 0 Å². The summed E-state index contributed by atoms with van der Waals surface area (Å²) in [5.74, 6) is 0.177. The number of hydrogen-bond acceptors (Lipinski definition) is 6. The number of nitrogens with zero attached hydrogens (tertiary/aromatic N) is 3. The number of amides is 1. The van der Waals surface area contributed by atoms with Crippen LogP contribution in [-0.4, -0.2) is 20.5 Å². The Balaban J connectivity index is 1.27. The number of halogens is 1. The van der Waals surface area contributed by atoms with Crippen LogP contribution in [0.15, 0.2) is 59.4 Å². The van der Waals surface area contributed by atoms with Gasteiger partial charge < -0.3 is 10.1 Å². The monoisotopic (exact) mass is 478 g/mol. The maximum absolute atomic E-state index is 13.1. The van der Waals surface area contributed by atoms with Crippen molar-refractivity contribution in [3.63, 3.8) is 0 Å². The fourth-order valence-electron chi connectivity index (χ4n) is 4.08. The van der Waals surface area contributed by atoms with Crippen molar-refractivity contribution in [3.05, 3.63) is 87.0 Å². The van der Waals surface area contributed by atoms with E-state index in [9.17, 15) is 14.0 Å². The van der Waals surface area contributed by atoms with Crippen LogP contribution < -0.4 is 15.6 Å². The minimum atomic E-state index is -0.401. The number of nitrogens with one attached hydrogen (secondary N) is 1. The highest BCUT2D eigenvalue weighted by molar-refractivity contribution is 7.16. The molecule has 5 rings (SSSR count). The molecule has 2 heterocycles. The fraction of sp³-hybridized carbons (Fsp3) is 0.280. The Hall–Kier alpha value is -3.59. The zero-order valence-corrected chi connectivity index (χ0v) is 19.2. The second-order valence-electron chi connectivity index (χ2n) is 8.33. The summed E-state index contributed by atoms with van der Waals surface area (Å²) in [5, 5.41) is 8.27. The molecule has 1 saturated carbocycles. The summed E-state index contributed by atoms with van der Waals surface area (Å²) >= 11 is 1.48. The maximum Gasteiger partial charge on any atom is 0.275 e. The van der Waals surface area contributed by atoms with E-state index in [0.717, 1.165) is 17.8 Å². The van der Waals surface area contributed by atoms with Gasteiger partial charge in [-0.25, -0.2) is 9.37 Å². The molecule has 0 radical (unpaired) electrons. The number of carbonyl (C=O) groups is 1.